The van der Waals surface area contributed by atoms with Gasteiger partial charge in [-0.15, -0.1) is 11.3 Å². The highest BCUT2D eigenvalue weighted by molar-refractivity contribution is 7.12. The third kappa shape index (κ3) is 3.99. The molecule has 4 nitrogen and oxygen atoms in total. The molecule has 0 spiro atoms. The largest absolute Gasteiger partial charge is 0.339 e. The van der Waals surface area contributed by atoms with E-state index < -0.39 is 0 Å². The Morgan fingerprint density at radius 1 is 0.893 bits per heavy atom. The lowest BCUT2D eigenvalue weighted by Gasteiger charge is -2.32. The van der Waals surface area contributed by atoms with E-state index in [0.29, 0.717) is 22.0 Å². The van der Waals surface area contributed by atoms with E-state index in [1.54, 1.807) is 18.2 Å². The van der Waals surface area contributed by atoms with Crippen LogP contribution in [-0.2, 0) is 0 Å². The van der Waals surface area contributed by atoms with Crippen LogP contribution >= 0.6 is 11.3 Å². The first-order chi connectivity index (χ1) is 13.7. The first-order valence-electron chi connectivity index (χ1n) is 9.50. The van der Waals surface area contributed by atoms with Gasteiger partial charge < -0.3 is 10.2 Å². The summed E-state index contributed by atoms with van der Waals surface area (Å²) < 4.78 is 0. The summed E-state index contributed by atoms with van der Waals surface area (Å²) in [5, 5.41) is 4.76. The summed E-state index contributed by atoms with van der Waals surface area (Å²) in [5.74, 6) is 0.297. The minimum Gasteiger partial charge on any atom is -0.339 e. The van der Waals surface area contributed by atoms with Crippen LogP contribution in [0.15, 0.2) is 72.1 Å². The van der Waals surface area contributed by atoms with Gasteiger partial charge in [-0.2, -0.15) is 0 Å². The summed E-state index contributed by atoms with van der Waals surface area (Å²) in [4.78, 5) is 28.0. The van der Waals surface area contributed by atoms with Crippen LogP contribution in [0.4, 0.5) is 5.69 Å². The number of para-hydroxylation sites is 1. The molecule has 0 aliphatic carbocycles. The molecular formula is C23H22N2O2S. The molecule has 28 heavy (non-hydrogen) atoms. The Morgan fingerprint density at radius 3 is 2.32 bits per heavy atom. The van der Waals surface area contributed by atoms with Crippen LogP contribution in [0.5, 0.6) is 0 Å². The second-order valence-electron chi connectivity index (χ2n) is 6.95. The van der Waals surface area contributed by atoms with Crippen LogP contribution in [-0.4, -0.2) is 29.8 Å². The maximum Gasteiger partial charge on any atom is 0.265 e. The van der Waals surface area contributed by atoms with E-state index in [2.05, 4.69) is 29.6 Å². The molecule has 1 aliphatic heterocycles. The highest BCUT2D eigenvalue weighted by atomic mass is 32.1. The molecule has 1 saturated heterocycles. The zero-order valence-electron chi connectivity index (χ0n) is 15.5. The lowest BCUT2D eigenvalue weighted by atomic mass is 9.89. The van der Waals surface area contributed by atoms with E-state index in [1.807, 2.05) is 34.5 Å². The fourth-order valence-electron chi connectivity index (χ4n) is 3.68. The molecule has 1 fully saturated rings. The molecule has 0 saturated carbocycles. The van der Waals surface area contributed by atoms with Gasteiger partial charge in [0.05, 0.1) is 16.1 Å². The number of hydrogen-bond donors (Lipinski definition) is 1. The maximum atomic E-state index is 13.1. The number of carbonyl (C=O) groups is 2. The Bertz CT molecular complexity index is 946. The van der Waals surface area contributed by atoms with E-state index in [0.717, 1.165) is 25.9 Å². The van der Waals surface area contributed by atoms with Crippen molar-refractivity contribution < 1.29 is 9.59 Å². The number of rotatable bonds is 4. The fraction of sp³-hybridized carbons (Fsp3) is 0.217. The SMILES string of the molecule is O=C(Nc1ccccc1C(=O)N1CCC(c2ccccc2)CC1)c1cccs1. The number of piperidine rings is 1. The third-order valence-corrected chi connectivity index (χ3v) is 6.07. The zero-order valence-corrected chi connectivity index (χ0v) is 16.3. The molecule has 1 aromatic heterocycles. The van der Waals surface area contributed by atoms with Crippen LogP contribution in [0.2, 0.25) is 0 Å². The summed E-state index contributed by atoms with van der Waals surface area (Å²) in [6, 6.07) is 21.4. The van der Waals surface area contributed by atoms with Crippen LogP contribution in [0, 0.1) is 0 Å². The standard InChI is InChI=1S/C23H22N2O2S/c26-22(21-11-6-16-28-21)24-20-10-5-4-9-19(20)23(27)25-14-12-18(13-15-25)17-7-2-1-3-8-17/h1-11,16,18H,12-15H2,(H,24,26). The van der Waals surface area contributed by atoms with Crippen molar-refractivity contribution in [2.75, 3.05) is 18.4 Å². The van der Waals surface area contributed by atoms with Crippen molar-refractivity contribution in [3.05, 3.63) is 88.1 Å². The average molecular weight is 391 g/mol. The van der Waals surface area contributed by atoms with E-state index >= 15 is 0 Å². The van der Waals surface area contributed by atoms with Crippen molar-refractivity contribution in [1.29, 1.82) is 0 Å². The predicted molar refractivity (Wildman–Crippen MR) is 113 cm³/mol. The smallest absolute Gasteiger partial charge is 0.265 e. The highest BCUT2D eigenvalue weighted by Crippen LogP contribution is 2.29. The monoisotopic (exact) mass is 390 g/mol. The van der Waals surface area contributed by atoms with Crippen LogP contribution in [0.25, 0.3) is 0 Å². The number of amides is 2. The second kappa shape index (κ2) is 8.40. The second-order valence-corrected chi connectivity index (χ2v) is 7.90. The molecule has 0 unspecified atom stereocenters. The number of thiophene rings is 1. The number of anilines is 1. The molecule has 2 aromatic carbocycles. The molecule has 0 atom stereocenters. The van der Waals surface area contributed by atoms with E-state index in [-0.39, 0.29) is 11.8 Å². The van der Waals surface area contributed by atoms with Crippen LogP contribution in [0.3, 0.4) is 0 Å². The van der Waals surface area contributed by atoms with E-state index in [1.165, 1.54) is 16.9 Å². The Morgan fingerprint density at radius 2 is 1.61 bits per heavy atom. The van der Waals surface area contributed by atoms with Crippen LogP contribution < -0.4 is 5.32 Å². The quantitative estimate of drug-likeness (QED) is 0.680. The number of benzene rings is 2. The first kappa shape index (κ1) is 18.4. The van der Waals surface area contributed by atoms with Gasteiger partial charge in [-0.3, -0.25) is 9.59 Å². The lowest BCUT2D eigenvalue weighted by molar-refractivity contribution is 0.0714. The molecule has 2 amide bonds. The number of hydrogen-bond acceptors (Lipinski definition) is 3. The van der Waals surface area contributed by atoms with Crippen molar-refractivity contribution in [3.63, 3.8) is 0 Å². The van der Waals surface area contributed by atoms with Gasteiger partial charge in [-0.25, -0.2) is 0 Å². The molecule has 4 rings (SSSR count). The van der Waals surface area contributed by atoms with Crippen molar-refractivity contribution in [2.24, 2.45) is 0 Å². The minimum absolute atomic E-state index is 0.0198. The van der Waals surface area contributed by atoms with Crippen molar-refractivity contribution in [2.45, 2.75) is 18.8 Å². The molecule has 2 heterocycles. The van der Waals surface area contributed by atoms with Crippen molar-refractivity contribution in [3.8, 4) is 0 Å². The normalized spacial score (nSPS) is 14.6. The molecule has 1 aliphatic rings. The van der Waals surface area contributed by atoms with Gasteiger partial charge in [-0.1, -0.05) is 48.5 Å². The number of nitrogens with zero attached hydrogens (tertiary/aromatic N) is 1. The number of carbonyl (C=O) groups excluding carboxylic acids is 2. The Labute approximate surface area is 168 Å². The van der Waals surface area contributed by atoms with E-state index in [9.17, 15) is 9.59 Å². The Hall–Kier alpha value is -2.92. The fourth-order valence-corrected chi connectivity index (χ4v) is 4.30. The van der Waals surface area contributed by atoms with Crippen molar-refractivity contribution in [1.82, 2.24) is 4.90 Å². The summed E-state index contributed by atoms with van der Waals surface area (Å²) >= 11 is 1.38. The molecule has 142 valence electrons. The van der Waals surface area contributed by atoms with Gasteiger partial charge in [-0.05, 0) is 47.9 Å². The molecule has 0 radical (unpaired) electrons. The highest BCUT2D eigenvalue weighted by Gasteiger charge is 2.26. The average Bonchev–Trinajstić information content (AvgIpc) is 3.30. The summed E-state index contributed by atoms with van der Waals surface area (Å²) in [5.41, 5.74) is 2.46. The number of likely N-dealkylation sites (tertiary alicyclic amines) is 1. The summed E-state index contributed by atoms with van der Waals surface area (Å²) in [7, 11) is 0. The molecule has 0 bridgehead atoms. The van der Waals surface area contributed by atoms with Gasteiger partial charge in [0.1, 0.15) is 0 Å². The molecule has 3 aromatic rings. The van der Waals surface area contributed by atoms with Crippen LogP contribution in [0.1, 0.15) is 44.4 Å². The van der Waals surface area contributed by atoms with Gasteiger partial charge in [0.2, 0.25) is 0 Å². The van der Waals surface area contributed by atoms with Gasteiger partial charge >= 0.3 is 0 Å². The topological polar surface area (TPSA) is 49.4 Å². The maximum absolute atomic E-state index is 13.1. The molecule has 1 N–H and O–H groups in total. The van der Waals surface area contributed by atoms with E-state index in [4.69, 9.17) is 0 Å². The lowest BCUT2D eigenvalue weighted by Crippen LogP contribution is -2.38. The minimum atomic E-state index is -0.182. The zero-order chi connectivity index (χ0) is 19.3. The van der Waals surface area contributed by atoms with Crippen molar-refractivity contribution >= 4 is 28.8 Å². The third-order valence-electron chi connectivity index (χ3n) is 5.20. The molecule has 5 heteroatoms. The Kier molecular flexibility index (Phi) is 5.53. The first-order valence-corrected chi connectivity index (χ1v) is 10.4. The number of nitrogens with one attached hydrogen (secondary N) is 1. The van der Waals surface area contributed by atoms with Gasteiger partial charge in [0, 0.05) is 13.1 Å². The predicted octanol–water partition coefficient (Wildman–Crippen LogP) is 5.02. The summed E-state index contributed by atoms with van der Waals surface area (Å²) in [6.45, 7) is 1.46. The Balaban J connectivity index is 1.45. The van der Waals surface area contributed by atoms with Gasteiger partial charge in [0.25, 0.3) is 11.8 Å². The summed E-state index contributed by atoms with van der Waals surface area (Å²) in [6.07, 6.45) is 1.92. The molecular weight excluding hydrogens is 368 g/mol. The van der Waals surface area contributed by atoms with Gasteiger partial charge in [0.15, 0.2) is 0 Å².